The Hall–Kier alpha value is -0.460. The average molecular weight is 293 g/mol. The van der Waals surface area contributed by atoms with E-state index in [0.717, 1.165) is 9.61 Å². The van der Waals surface area contributed by atoms with Gasteiger partial charge in [-0.2, -0.15) is 0 Å². The Morgan fingerprint density at radius 2 is 2.53 bits per heavy atom. The van der Waals surface area contributed by atoms with Crippen molar-refractivity contribution in [3.05, 3.63) is 15.0 Å². The van der Waals surface area contributed by atoms with Gasteiger partial charge in [-0.25, -0.2) is 4.98 Å². The lowest BCUT2D eigenvalue weighted by Crippen LogP contribution is -2.18. The molecule has 0 unspecified atom stereocenters. The first kappa shape index (κ1) is 12.6. The minimum absolute atomic E-state index is 0.162. The fourth-order valence-corrected chi connectivity index (χ4v) is 2.22. The molecule has 4 nitrogen and oxygen atoms in total. The van der Waals surface area contributed by atoms with Gasteiger partial charge in [-0.1, -0.05) is 0 Å². The highest BCUT2D eigenvalue weighted by atomic mass is 79.9. The zero-order chi connectivity index (χ0) is 11.1. The number of nitrogens with zero attached hydrogens (tertiary/aromatic N) is 1. The summed E-state index contributed by atoms with van der Waals surface area (Å²) in [6, 6.07) is 0. The number of carbonyl (C=O) groups excluding carboxylic acids is 1. The van der Waals surface area contributed by atoms with Crippen molar-refractivity contribution in [2.75, 3.05) is 13.2 Å². The second-order valence-electron chi connectivity index (χ2n) is 2.80. The first-order valence-electron chi connectivity index (χ1n) is 4.68. The third-order valence-electron chi connectivity index (χ3n) is 1.61. The molecule has 15 heavy (non-hydrogen) atoms. The topological polar surface area (TPSA) is 51.2 Å². The molecule has 0 saturated carbocycles. The van der Waals surface area contributed by atoms with Crippen LogP contribution in [0.1, 0.15) is 18.4 Å². The van der Waals surface area contributed by atoms with E-state index in [9.17, 15) is 4.79 Å². The van der Waals surface area contributed by atoms with E-state index < -0.39 is 0 Å². The van der Waals surface area contributed by atoms with E-state index in [1.54, 1.807) is 18.3 Å². The van der Waals surface area contributed by atoms with Gasteiger partial charge < -0.3 is 10.1 Å². The zero-order valence-corrected chi connectivity index (χ0v) is 10.9. The van der Waals surface area contributed by atoms with E-state index in [4.69, 9.17) is 4.74 Å². The van der Waals surface area contributed by atoms with Crippen LogP contribution in [0.15, 0.2) is 9.98 Å². The first-order chi connectivity index (χ1) is 7.22. The molecule has 6 heteroatoms. The van der Waals surface area contributed by atoms with Crippen molar-refractivity contribution in [2.45, 2.75) is 19.9 Å². The smallest absolute Gasteiger partial charge is 0.307 e. The molecular formula is C9H13BrN2O2S. The van der Waals surface area contributed by atoms with Crippen LogP contribution in [0.25, 0.3) is 0 Å². The summed E-state index contributed by atoms with van der Waals surface area (Å²) in [4.78, 5) is 15.2. The van der Waals surface area contributed by atoms with Crippen LogP contribution >= 0.6 is 27.3 Å². The number of aromatic nitrogens is 1. The lowest BCUT2D eigenvalue weighted by atomic mass is 10.4. The molecular weight excluding hydrogens is 280 g/mol. The number of halogens is 1. The predicted molar refractivity (Wildman–Crippen MR) is 62.8 cm³/mol. The maximum absolute atomic E-state index is 11.0. The fraction of sp³-hybridized carbons (Fsp3) is 0.556. The van der Waals surface area contributed by atoms with Gasteiger partial charge >= 0.3 is 5.97 Å². The van der Waals surface area contributed by atoms with Gasteiger partial charge in [0.1, 0.15) is 9.61 Å². The molecule has 0 saturated heterocycles. The Labute approximate surface area is 101 Å². The molecule has 0 radical (unpaired) electrons. The van der Waals surface area contributed by atoms with E-state index in [-0.39, 0.29) is 5.97 Å². The molecule has 0 aliphatic carbocycles. The van der Waals surface area contributed by atoms with Gasteiger partial charge in [-0.05, 0) is 22.9 Å². The van der Waals surface area contributed by atoms with E-state index in [2.05, 4.69) is 26.2 Å². The highest BCUT2D eigenvalue weighted by Gasteiger charge is 2.02. The van der Waals surface area contributed by atoms with Gasteiger partial charge in [0.2, 0.25) is 0 Å². The number of thiazole rings is 1. The Morgan fingerprint density at radius 1 is 1.73 bits per heavy atom. The van der Waals surface area contributed by atoms with E-state index in [0.29, 0.717) is 26.1 Å². The molecule has 0 aromatic carbocycles. The van der Waals surface area contributed by atoms with Gasteiger partial charge in [-0.15, -0.1) is 11.3 Å². The number of esters is 1. The zero-order valence-electron chi connectivity index (χ0n) is 8.46. The Bertz CT molecular complexity index is 317. The quantitative estimate of drug-likeness (QED) is 0.643. The summed E-state index contributed by atoms with van der Waals surface area (Å²) >= 11 is 4.86. The van der Waals surface area contributed by atoms with Crippen LogP contribution in [-0.4, -0.2) is 24.1 Å². The van der Waals surface area contributed by atoms with Crippen molar-refractivity contribution in [3.63, 3.8) is 0 Å². The van der Waals surface area contributed by atoms with Gasteiger partial charge in [0.25, 0.3) is 0 Å². The lowest BCUT2D eigenvalue weighted by Gasteiger charge is -2.02. The molecule has 1 heterocycles. The predicted octanol–water partition coefficient (Wildman–Crippen LogP) is 1.95. The highest BCUT2D eigenvalue weighted by Crippen LogP contribution is 2.14. The molecule has 84 valence electrons. The van der Waals surface area contributed by atoms with Crippen LogP contribution in [0.4, 0.5) is 0 Å². The van der Waals surface area contributed by atoms with E-state index >= 15 is 0 Å². The summed E-state index contributed by atoms with van der Waals surface area (Å²) < 4.78 is 5.66. The molecule has 1 aromatic rings. The summed E-state index contributed by atoms with van der Waals surface area (Å²) in [6.45, 7) is 3.56. The minimum atomic E-state index is -0.162. The average Bonchev–Trinajstić information content (AvgIpc) is 2.60. The van der Waals surface area contributed by atoms with Crippen molar-refractivity contribution in [3.8, 4) is 0 Å². The maximum atomic E-state index is 11.0. The molecule has 0 atom stereocenters. The normalized spacial score (nSPS) is 10.3. The monoisotopic (exact) mass is 292 g/mol. The van der Waals surface area contributed by atoms with Crippen LogP contribution in [0, 0.1) is 0 Å². The maximum Gasteiger partial charge on any atom is 0.307 e. The second kappa shape index (κ2) is 6.92. The molecule has 1 N–H and O–H groups in total. The molecule has 1 aromatic heterocycles. The van der Waals surface area contributed by atoms with Crippen LogP contribution < -0.4 is 5.32 Å². The number of rotatable bonds is 6. The molecule has 0 fully saturated rings. The van der Waals surface area contributed by atoms with Crippen LogP contribution in [-0.2, 0) is 16.1 Å². The van der Waals surface area contributed by atoms with Crippen molar-refractivity contribution in [1.29, 1.82) is 0 Å². The lowest BCUT2D eigenvalue weighted by molar-refractivity contribution is -0.142. The fourth-order valence-electron chi connectivity index (χ4n) is 0.989. The third-order valence-corrected chi connectivity index (χ3v) is 3.17. The largest absolute Gasteiger partial charge is 0.466 e. The molecule has 0 amide bonds. The standard InChI is InChI=1S/C9H13BrN2O2S/c1-2-14-9(13)3-4-11-5-8-12-7(10)6-15-8/h6,11H,2-5H2,1H3. The van der Waals surface area contributed by atoms with Crippen molar-refractivity contribution in [1.82, 2.24) is 10.3 Å². The Morgan fingerprint density at radius 3 is 3.13 bits per heavy atom. The Kier molecular flexibility index (Phi) is 5.82. The molecule has 0 bridgehead atoms. The van der Waals surface area contributed by atoms with Crippen LogP contribution in [0.3, 0.4) is 0 Å². The summed E-state index contributed by atoms with van der Waals surface area (Å²) in [5.41, 5.74) is 0. The van der Waals surface area contributed by atoms with E-state index in [1.807, 2.05) is 5.38 Å². The highest BCUT2D eigenvalue weighted by molar-refractivity contribution is 9.10. The summed E-state index contributed by atoms with van der Waals surface area (Å²) in [7, 11) is 0. The molecule has 0 aliphatic rings. The number of nitrogens with one attached hydrogen (secondary N) is 1. The summed E-state index contributed by atoms with van der Waals surface area (Å²) in [5.74, 6) is -0.162. The molecule has 1 rings (SSSR count). The van der Waals surface area contributed by atoms with Gasteiger partial charge in [0.05, 0.1) is 13.0 Å². The number of carbonyl (C=O) groups is 1. The third kappa shape index (κ3) is 5.25. The second-order valence-corrected chi connectivity index (χ2v) is 4.55. The number of hydrogen-bond acceptors (Lipinski definition) is 5. The van der Waals surface area contributed by atoms with Crippen LogP contribution in [0.5, 0.6) is 0 Å². The van der Waals surface area contributed by atoms with Crippen molar-refractivity contribution < 1.29 is 9.53 Å². The van der Waals surface area contributed by atoms with Gasteiger partial charge in [0.15, 0.2) is 0 Å². The van der Waals surface area contributed by atoms with Gasteiger partial charge in [-0.3, -0.25) is 4.79 Å². The number of hydrogen-bond donors (Lipinski definition) is 1. The van der Waals surface area contributed by atoms with E-state index in [1.165, 1.54) is 0 Å². The summed E-state index contributed by atoms with van der Waals surface area (Å²) in [5, 5.41) is 6.07. The van der Waals surface area contributed by atoms with Crippen molar-refractivity contribution in [2.24, 2.45) is 0 Å². The first-order valence-corrected chi connectivity index (χ1v) is 6.36. The molecule has 0 aliphatic heterocycles. The number of ether oxygens (including phenoxy) is 1. The molecule has 0 spiro atoms. The van der Waals surface area contributed by atoms with Crippen molar-refractivity contribution >= 4 is 33.2 Å². The summed E-state index contributed by atoms with van der Waals surface area (Å²) in [6.07, 6.45) is 0.403. The van der Waals surface area contributed by atoms with Gasteiger partial charge in [0, 0.05) is 18.5 Å². The van der Waals surface area contributed by atoms with Crippen LogP contribution in [0.2, 0.25) is 0 Å². The SMILES string of the molecule is CCOC(=O)CCNCc1nc(Br)cs1. The Balaban J connectivity index is 2.09. The minimum Gasteiger partial charge on any atom is -0.466 e.